The molecule has 2 N–H and O–H groups in total. The highest BCUT2D eigenvalue weighted by atomic mass is 79.9. The van der Waals surface area contributed by atoms with Crippen molar-refractivity contribution in [3.05, 3.63) is 33.8 Å². The van der Waals surface area contributed by atoms with Gasteiger partial charge < -0.3 is 10.2 Å². The van der Waals surface area contributed by atoms with E-state index in [1.54, 1.807) is 0 Å². The van der Waals surface area contributed by atoms with Gasteiger partial charge in [0.2, 0.25) is 0 Å². The Kier molecular flexibility index (Phi) is 3.90. The Bertz CT molecular complexity index is 286. The Hall–Kier alpha value is -0.380. The highest BCUT2D eigenvalue weighted by Gasteiger charge is 2.11. The smallest absolute Gasteiger partial charge is 0.0822 e. The molecule has 0 unspecified atom stereocenters. The minimum absolute atomic E-state index is 0.00154. The van der Waals surface area contributed by atoms with Crippen LogP contribution in [0.25, 0.3) is 0 Å². The van der Waals surface area contributed by atoms with E-state index in [4.69, 9.17) is 5.11 Å². The van der Waals surface area contributed by atoms with Crippen LogP contribution in [0, 0.1) is 6.92 Å². The number of hydrogen-bond donors (Lipinski definition) is 2. The number of aryl methyl sites for hydroxylation is 1. The van der Waals surface area contributed by atoms with Gasteiger partial charge in [-0.3, -0.25) is 0 Å². The Labute approximate surface area is 86.3 Å². The molecule has 0 spiro atoms. The van der Waals surface area contributed by atoms with Crippen LogP contribution in [0.15, 0.2) is 22.7 Å². The van der Waals surface area contributed by atoms with Crippen LogP contribution >= 0.6 is 15.9 Å². The molecule has 0 aliphatic rings. The number of benzene rings is 1. The summed E-state index contributed by atoms with van der Waals surface area (Å²) in [5.74, 6) is 0. The van der Waals surface area contributed by atoms with Gasteiger partial charge in [-0.2, -0.15) is 0 Å². The first kappa shape index (κ1) is 10.7. The normalized spacial score (nSPS) is 12.9. The van der Waals surface area contributed by atoms with Gasteiger partial charge in [0.15, 0.2) is 0 Å². The third-order valence-electron chi connectivity index (χ3n) is 1.98. The van der Waals surface area contributed by atoms with E-state index >= 15 is 0 Å². The van der Waals surface area contributed by atoms with Crippen LogP contribution in [-0.2, 0) is 0 Å². The molecule has 2 nitrogen and oxygen atoms in total. The maximum atomic E-state index is 9.64. The molecule has 0 saturated carbocycles. The molecular formula is C10H13BrO2. The summed E-state index contributed by atoms with van der Waals surface area (Å²) in [5.41, 5.74) is 1.93. The van der Waals surface area contributed by atoms with E-state index in [1.165, 1.54) is 0 Å². The fourth-order valence-electron chi connectivity index (χ4n) is 1.21. The first-order chi connectivity index (χ1) is 6.16. The molecule has 72 valence electrons. The molecule has 0 aromatic heterocycles. The minimum Gasteiger partial charge on any atom is -0.396 e. The summed E-state index contributed by atoms with van der Waals surface area (Å²) in [4.78, 5) is 0. The molecule has 0 amide bonds. The van der Waals surface area contributed by atoms with Crippen LogP contribution in [0.1, 0.15) is 23.7 Å². The van der Waals surface area contributed by atoms with E-state index < -0.39 is 6.10 Å². The topological polar surface area (TPSA) is 40.5 Å². The zero-order valence-electron chi connectivity index (χ0n) is 7.50. The van der Waals surface area contributed by atoms with E-state index in [2.05, 4.69) is 15.9 Å². The third kappa shape index (κ3) is 2.53. The summed E-state index contributed by atoms with van der Waals surface area (Å²) in [6.07, 6.45) is -0.207. The number of aliphatic hydroxyl groups is 2. The van der Waals surface area contributed by atoms with Gasteiger partial charge in [-0.05, 0) is 18.1 Å². The molecule has 0 radical (unpaired) electrons. The lowest BCUT2D eigenvalue weighted by Crippen LogP contribution is -2.01. The molecule has 0 heterocycles. The average Bonchev–Trinajstić information content (AvgIpc) is 2.10. The number of aliphatic hydroxyl groups excluding tert-OH is 2. The van der Waals surface area contributed by atoms with Gasteiger partial charge in [0.05, 0.1) is 6.10 Å². The lowest BCUT2D eigenvalue weighted by molar-refractivity contribution is 0.133. The standard InChI is InChI=1S/C10H13BrO2/c1-7-3-2-4-8(10(7)11)9(13)5-6-12/h2-4,9,12-13H,5-6H2,1H3/t9-/m0/s1. The quantitative estimate of drug-likeness (QED) is 0.856. The van der Waals surface area contributed by atoms with Crippen molar-refractivity contribution < 1.29 is 10.2 Å². The summed E-state index contributed by atoms with van der Waals surface area (Å²) in [6.45, 7) is 1.97. The molecule has 0 fully saturated rings. The fourth-order valence-corrected chi connectivity index (χ4v) is 1.73. The van der Waals surface area contributed by atoms with E-state index in [-0.39, 0.29) is 6.61 Å². The van der Waals surface area contributed by atoms with Crippen molar-refractivity contribution in [1.82, 2.24) is 0 Å². The Balaban J connectivity index is 2.93. The van der Waals surface area contributed by atoms with E-state index in [9.17, 15) is 5.11 Å². The summed E-state index contributed by atoms with van der Waals surface area (Å²) in [7, 11) is 0. The summed E-state index contributed by atoms with van der Waals surface area (Å²) in [5, 5.41) is 18.3. The van der Waals surface area contributed by atoms with Gasteiger partial charge in [-0.15, -0.1) is 0 Å². The fraction of sp³-hybridized carbons (Fsp3) is 0.400. The Morgan fingerprint density at radius 1 is 1.46 bits per heavy atom. The van der Waals surface area contributed by atoms with Gasteiger partial charge in [-0.25, -0.2) is 0 Å². The van der Waals surface area contributed by atoms with Crippen molar-refractivity contribution in [2.45, 2.75) is 19.4 Å². The van der Waals surface area contributed by atoms with Crippen LogP contribution in [-0.4, -0.2) is 16.8 Å². The molecule has 0 aliphatic carbocycles. The summed E-state index contributed by atoms with van der Waals surface area (Å²) >= 11 is 3.41. The first-order valence-electron chi connectivity index (χ1n) is 4.20. The second-order valence-electron chi connectivity index (χ2n) is 3.01. The monoisotopic (exact) mass is 244 g/mol. The van der Waals surface area contributed by atoms with E-state index in [0.29, 0.717) is 6.42 Å². The van der Waals surface area contributed by atoms with Crippen LogP contribution < -0.4 is 0 Å². The van der Waals surface area contributed by atoms with Gasteiger partial charge in [-0.1, -0.05) is 34.1 Å². The first-order valence-corrected chi connectivity index (χ1v) is 5.00. The maximum absolute atomic E-state index is 9.64. The van der Waals surface area contributed by atoms with Gasteiger partial charge in [0, 0.05) is 17.5 Å². The van der Waals surface area contributed by atoms with E-state index in [0.717, 1.165) is 15.6 Å². The predicted octanol–water partition coefficient (Wildman–Crippen LogP) is 2.17. The van der Waals surface area contributed by atoms with Crippen LogP contribution in [0.3, 0.4) is 0 Å². The maximum Gasteiger partial charge on any atom is 0.0822 e. The van der Waals surface area contributed by atoms with Crippen molar-refractivity contribution >= 4 is 15.9 Å². The molecule has 1 aromatic rings. The second kappa shape index (κ2) is 4.74. The van der Waals surface area contributed by atoms with Crippen molar-refractivity contribution in [3.8, 4) is 0 Å². The van der Waals surface area contributed by atoms with Gasteiger partial charge >= 0.3 is 0 Å². The predicted molar refractivity (Wildman–Crippen MR) is 55.5 cm³/mol. The molecule has 13 heavy (non-hydrogen) atoms. The molecular weight excluding hydrogens is 232 g/mol. The van der Waals surface area contributed by atoms with Gasteiger partial charge in [0.1, 0.15) is 0 Å². The minimum atomic E-state index is -0.584. The zero-order chi connectivity index (χ0) is 9.84. The van der Waals surface area contributed by atoms with Crippen molar-refractivity contribution in [3.63, 3.8) is 0 Å². The van der Waals surface area contributed by atoms with Crippen LogP contribution in [0.2, 0.25) is 0 Å². The van der Waals surface area contributed by atoms with Crippen molar-refractivity contribution in [2.75, 3.05) is 6.61 Å². The number of hydrogen-bond acceptors (Lipinski definition) is 2. The third-order valence-corrected chi connectivity index (χ3v) is 3.07. The second-order valence-corrected chi connectivity index (χ2v) is 3.80. The molecule has 0 saturated heterocycles. The Morgan fingerprint density at radius 3 is 2.77 bits per heavy atom. The van der Waals surface area contributed by atoms with Crippen LogP contribution in [0.4, 0.5) is 0 Å². The lowest BCUT2D eigenvalue weighted by atomic mass is 10.0. The lowest BCUT2D eigenvalue weighted by Gasteiger charge is -2.12. The SMILES string of the molecule is Cc1cccc([C@@H](O)CCO)c1Br. The number of halogens is 1. The molecule has 3 heteroatoms. The van der Waals surface area contributed by atoms with Crippen molar-refractivity contribution in [1.29, 1.82) is 0 Å². The highest BCUT2D eigenvalue weighted by molar-refractivity contribution is 9.10. The highest BCUT2D eigenvalue weighted by Crippen LogP contribution is 2.27. The van der Waals surface area contributed by atoms with Gasteiger partial charge in [0.25, 0.3) is 0 Å². The summed E-state index contributed by atoms with van der Waals surface area (Å²) in [6, 6.07) is 5.73. The molecule has 0 bridgehead atoms. The summed E-state index contributed by atoms with van der Waals surface area (Å²) < 4.78 is 0.927. The van der Waals surface area contributed by atoms with Crippen LogP contribution in [0.5, 0.6) is 0 Å². The average molecular weight is 245 g/mol. The number of rotatable bonds is 3. The molecule has 1 rings (SSSR count). The zero-order valence-corrected chi connectivity index (χ0v) is 9.08. The molecule has 1 atom stereocenters. The molecule has 0 aliphatic heterocycles. The van der Waals surface area contributed by atoms with E-state index in [1.807, 2.05) is 25.1 Å². The largest absolute Gasteiger partial charge is 0.396 e. The molecule has 1 aromatic carbocycles. The van der Waals surface area contributed by atoms with Crippen molar-refractivity contribution in [2.24, 2.45) is 0 Å². The Morgan fingerprint density at radius 2 is 2.15 bits per heavy atom.